The van der Waals surface area contributed by atoms with E-state index in [4.69, 9.17) is 9.47 Å². The van der Waals surface area contributed by atoms with Gasteiger partial charge in [0.1, 0.15) is 24.7 Å². The van der Waals surface area contributed by atoms with Gasteiger partial charge in [-0.3, -0.25) is 0 Å². The quantitative estimate of drug-likeness (QED) is 0.641. The molecule has 5 heteroatoms. The molecule has 0 aliphatic carbocycles. The second-order valence-electron chi connectivity index (χ2n) is 5.42. The van der Waals surface area contributed by atoms with Crippen LogP contribution in [0.4, 0.5) is 0 Å². The second-order valence-corrected chi connectivity index (χ2v) is 7.43. The molecule has 0 saturated heterocycles. The van der Waals surface area contributed by atoms with Crippen molar-refractivity contribution in [1.82, 2.24) is 0 Å². The van der Waals surface area contributed by atoms with Gasteiger partial charge in [-0.15, -0.1) is 0 Å². The number of sulfone groups is 1. The van der Waals surface area contributed by atoms with Crippen molar-refractivity contribution in [2.45, 2.75) is 4.90 Å². The number of benzene rings is 3. The van der Waals surface area contributed by atoms with Gasteiger partial charge in [-0.1, -0.05) is 36.4 Å². The van der Waals surface area contributed by atoms with Crippen molar-refractivity contribution < 1.29 is 17.9 Å². The van der Waals surface area contributed by atoms with Crippen LogP contribution >= 0.6 is 0 Å². The molecule has 0 aliphatic heterocycles. The minimum Gasteiger partial charge on any atom is -0.490 e. The Morgan fingerprint density at radius 1 is 0.792 bits per heavy atom. The van der Waals surface area contributed by atoms with Crippen molar-refractivity contribution >= 4 is 20.6 Å². The Hall–Kier alpha value is -2.53. The molecule has 0 aliphatic rings. The van der Waals surface area contributed by atoms with Crippen molar-refractivity contribution in [2.24, 2.45) is 0 Å². The van der Waals surface area contributed by atoms with Gasteiger partial charge in [0.05, 0.1) is 4.90 Å². The first kappa shape index (κ1) is 16.3. The second kappa shape index (κ2) is 6.93. The molecule has 0 unspecified atom stereocenters. The Kier molecular flexibility index (Phi) is 4.71. The minimum absolute atomic E-state index is 0.279. The minimum atomic E-state index is -3.18. The molecule has 0 N–H and O–H groups in total. The Bertz CT molecular complexity index is 926. The van der Waals surface area contributed by atoms with Crippen molar-refractivity contribution in [3.63, 3.8) is 0 Å². The molecular formula is C19H18O4S. The fourth-order valence-electron chi connectivity index (χ4n) is 2.42. The number of rotatable bonds is 6. The fraction of sp³-hybridized carbons (Fsp3) is 0.158. The van der Waals surface area contributed by atoms with Gasteiger partial charge in [0.15, 0.2) is 9.84 Å². The van der Waals surface area contributed by atoms with E-state index in [1.165, 1.54) is 18.4 Å². The summed E-state index contributed by atoms with van der Waals surface area (Å²) >= 11 is 0. The monoisotopic (exact) mass is 342 g/mol. The predicted octanol–water partition coefficient (Wildman–Crippen LogP) is 3.70. The van der Waals surface area contributed by atoms with Crippen LogP contribution in [0.15, 0.2) is 71.6 Å². The highest BCUT2D eigenvalue weighted by atomic mass is 32.2. The summed E-state index contributed by atoms with van der Waals surface area (Å²) in [7, 11) is -3.18. The van der Waals surface area contributed by atoms with Gasteiger partial charge in [-0.25, -0.2) is 8.42 Å². The van der Waals surface area contributed by atoms with E-state index < -0.39 is 9.84 Å². The zero-order valence-corrected chi connectivity index (χ0v) is 14.1. The smallest absolute Gasteiger partial charge is 0.175 e. The lowest BCUT2D eigenvalue weighted by Gasteiger charge is -2.10. The normalized spacial score (nSPS) is 11.4. The zero-order valence-electron chi connectivity index (χ0n) is 13.3. The molecule has 3 aromatic carbocycles. The zero-order chi connectivity index (χ0) is 17.0. The van der Waals surface area contributed by atoms with Crippen LogP contribution in [-0.2, 0) is 9.84 Å². The fourth-order valence-corrected chi connectivity index (χ4v) is 3.05. The highest BCUT2D eigenvalue weighted by Crippen LogP contribution is 2.25. The van der Waals surface area contributed by atoms with Gasteiger partial charge in [0.25, 0.3) is 0 Å². The summed E-state index contributed by atoms with van der Waals surface area (Å²) in [5, 5.41) is 2.20. The number of hydrogen-bond acceptors (Lipinski definition) is 4. The van der Waals surface area contributed by atoms with E-state index in [0.717, 1.165) is 16.5 Å². The molecular weight excluding hydrogens is 324 g/mol. The number of ether oxygens (including phenoxy) is 2. The van der Waals surface area contributed by atoms with Gasteiger partial charge < -0.3 is 9.47 Å². The Morgan fingerprint density at radius 2 is 1.46 bits per heavy atom. The third-order valence-corrected chi connectivity index (χ3v) is 4.74. The molecule has 124 valence electrons. The van der Waals surface area contributed by atoms with Crippen molar-refractivity contribution in [2.75, 3.05) is 19.5 Å². The lowest BCUT2D eigenvalue weighted by Crippen LogP contribution is -2.09. The Balaban J connectivity index is 1.57. The maximum absolute atomic E-state index is 11.4. The van der Waals surface area contributed by atoms with E-state index in [1.807, 2.05) is 42.5 Å². The Morgan fingerprint density at radius 3 is 2.21 bits per heavy atom. The molecule has 0 spiro atoms. The summed E-state index contributed by atoms with van der Waals surface area (Å²) in [6.07, 6.45) is 1.18. The molecule has 24 heavy (non-hydrogen) atoms. The summed E-state index contributed by atoms with van der Waals surface area (Å²) in [4.78, 5) is 0.279. The molecule has 3 rings (SSSR count). The predicted molar refractivity (Wildman–Crippen MR) is 94.5 cm³/mol. The summed E-state index contributed by atoms with van der Waals surface area (Å²) in [6, 6.07) is 20.4. The maximum atomic E-state index is 11.4. The van der Waals surface area contributed by atoms with Crippen LogP contribution in [0.5, 0.6) is 11.5 Å². The largest absolute Gasteiger partial charge is 0.490 e. The first-order valence-electron chi connectivity index (χ1n) is 7.57. The Labute approximate surface area is 141 Å². The molecule has 0 amide bonds. The van der Waals surface area contributed by atoms with Crippen molar-refractivity contribution in [3.05, 3.63) is 66.7 Å². The van der Waals surface area contributed by atoms with Gasteiger partial charge in [-0.2, -0.15) is 0 Å². The molecule has 0 bridgehead atoms. The third-order valence-electron chi connectivity index (χ3n) is 3.61. The van der Waals surface area contributed by atoms with Crippen LogP contribution in [0.25, 0.3) is 10.8 Å². The van der Waals surface area contributed by atoms with E-state index in [9.17, 15) is 8.42 Å². The van der Waals surface area contributed by atoms with Crippen LogP contribution in [0.3, 0.4) is 0 Å². The molecule has 3 aromatic rings. The van der Waals surface area contributed by atoms with Gasteiger partial charge in [0.2, 0.25) is 0 Å². The van der Waals surface area contributed by atoms with Crippen molar-refractivity contribution in [1.29, 1.82) is 0 Å². The molecule has 0 aromatic heterocycles. The average molecular weight is 342 g/mol. The summed E-state index contributed by atoms with van der Waals surface area (Å²) in [5.41, 5.74) is 0. The molecule has 4 nitrogen and oxygen atoms in total. The highest BCUT2D eigenvalue weighted by Gasteiger charge is 2.06. The molecule has 0 fully saturated rings. The average Bonchev–Trinajstić information content (AvgIpc) is 2.58. The van der Waals surface area contributed by atoms with E-state index in [2.05, 4.69) is 0 Å². The summed E-state index contributed by atoms with van der Waals surface area (Å²) in [5.74, 6) is 1.44. The molecule has 0 heterocycles. The number of hydrogen-bond donors (Lipinski definition) is 0. The van der Waals surface area contributed by atoms with E-state index in [-0.39, 0.29) is 4.90 Å². The molecule has 0 radical (unpaired) electrons. The van der Waals surface area contributed by atoms with Gasteiger partial charge in [0, 0.05) is 11.6 Å². The molecule has 0 atom stereocenters. The van der Waals surface area contributed by atoms with E-state index in [1.54, 1.807) is 12.1 Å². The van der Waals surface area contributed by atoms with Crippen LogP contribution in [0.2, 0.25) is 0 Å². The summed E-state index contributed by atoms with van der Waals surface area (Å²) < 4.78 is 34.2. The lowest BCUT2D eigenvalue weighted by atomic mass is 10.1. The third kappa shape index (κ3) is 3.86. The molecule has 0 saturated carbocycles. The van der Waals surface area contributed by atoms with Crippen molar-refractivity contribution in [3.8, 4) is 11.5 Å². The first-order valence-corrected chi connectivity index (χ1v) is 9.47. The standard InChI is InChI=1S/C19H18O4S/c1-24(20,21)17-11-9-16(10-12-17)22-13-14-23-19-8-4-6-15-5-2-3-7-18(15)19/h2-12H,13-14H2,1H3. The maximum Gasteiger partial charge on any atom is 0.175 e. The van der Waals surface area contributed by atoms with Gasteiger partial charge in [-0.05, 0) is 35.7 Å². The number of fused-ring (bicyclic) bond motifs is 1. The highest BCUT2D eigenvalue weighted by molar-refractivity contribution is 7.90. The van der Waals surface area contributed by atoms with Crippen LogP contribution in [0.1, 0.15) is 0 Å². The topological polar surface area (TPSA) is 52.6 Å². The van der Waals surface area contributed by atoms with Crippen LogP contribution in [-0.4, -0.2) is 27.9 Å². The first-order chi connectivity index (χ1) is 11.5. The lowest BCUT2D eigenvalue weighted by molar-refractivity contribution is 0.218. The summed E-state index contributed by atoms with van der Waals surface area (Å²) in [6.45, 7) is 0.781. The van der Waals surface area contributed by atoms with Crippen LogP contribution in [0, 0.1) is 0 Å². The van der Waals surface area contributed by atoms with E-state index in [0.29, 0.717) is 19.0 Å². The van der Waals surface area contributed by atoms with Gasteiger partial charge >= 0.3 is 0 Å². The SMILES string of the molecule is CS(=O)(=O)c1ccc(OCCOc2cccc3ccccc23)cc1. The van der Waals surface area contributed by atoms with E-state index >= 15 is 0 Å². The van der Waals surface area contributed by atoms with Crippen LogP contribution < -0.4 is 9.47 Å².